The van der Waals surface area contributed by atoms with E-state index in [-0.39, 0.29) is 5.91 Å². The molecule has 3 nitrogen and oxygen atoms in total. The molecule has 22 heavy (non-hydrogen) atoms. The van der Waals surface area contributed by atoms with Gasteiger partial charge in [0.2, 0.25) is 5.91 Å². The van der Waals surface area contributed by atoms with Crippen LogP contribution < -0.4 is 10.1 Å². The lowest BCUT2D eigenvalue weighted by atomic mass is 9.86. The first-order chi connectivity index (χ1) is 10.6. The molecule has 0 bridgehead atoms. The van der Waals surface area contributed by atoms with Gasteiger partial charge in [0.25, 0.3) is 0 Å². The number of benzene rings is 1. The minimum Gasteiger partial charge on any atom is -0.493 e. The predicted molar refractivity (Wildman–Crippen MR) is 96.5 cm³/mol. The average Bonchev–Trinajstić information content (AvgIpc) is 2.51. The molecule has 5 heteroatoms. The van der Waals surface area contributed by atoms with E-state index < -0.39 is 0 Å². The number of halogens is 1. The van der Waals surface area contributed by atoms with E-state index in [1.165, 1.54) is 19.3 Å². The summed E-state index contributed by atoms with van der Waals surface area (Å²) in [6.07, 6.45) is 4.91. The molecule has 1 amide bonds. The fourth-order valence-electron chi connectivity index (χ4n) is 2.69. The molecule has 0 radical (unpaired) electrons. The van der Waals surface area contributed by atoms with Crippen molar-refractivity contribution < 1.29 is 9.53 Å². The molecule has 0 spiro atoms. The standard InChI is InChI=1S/C17H24BrNO2S/c1-13-4-2-3-5-16(13)19-17(20)12-22-11-10-21-15-8-6-14(18)7-9-15/h6-9,13,16H,2-5,10-12H2,1H3,(H,19,20)/t13-,16+/m0/s1. The normalized spacial score (nSPS) is 21.4. The van der Waals surface area contributed by atoms with Crippen molar-refractivity contribution in [3.05, 3.63) is 28.7 Å². The summed E-state index contributed by atoms with van der Waals surface area (Å²) in [4.78, 5) is 11.9. The fraction of sp³-hybridized carbons (Fsp3) is 0.588. The van der Waals surface area contributed by atoms with Crippen LogP contribution in [0.3, 0.4) is 0 Å². The Morgan fingerprint density at radius 3 is 2.77 bits per heavy atom. The van der Waals surface area contributed by atoms with Crippen LogP contribution in [0.2, 0.25) is 0 Å². The molecule has 1 aliphatic rings. The number of thioether (sulfide) groups is 1. The number of carbonyl (C=O) groups is 1. The zero-order chi connectivity index (χ0) is 15.8. The minimum absolute atomic E-state index is 0.160. The van der Waals surface area contributed by atoms with Crippen LogP contribution in [0.4, 0.5) is 0 Å². The quantitative estimate of drug-likeness (QED) is 0.712. The number of hydrogen-bond acceptors (Lipinski definition) is 3. The molecule has 1 fully saturated rings. The van der Waals surface area contributed by atoms with Gasteiger partial charge in [0.05, 0.1) is 12.4 Å². The van der Waals surface area contributed by atoms with E-state index in [9.17, 15) is 4.79 Å². The van der Waals surface area contributed by atoms with E-state index in [0.29, 0.717) is 24.3 Å². The summed E-state index contributed by atoms with van der Waals surface area (Å²) in [5.74, 6) is 2.98. The van der Waals surface area contributed by atoms with Gasteiger partial charge >= 0.3 is 0 Å². The highest BCUT2D eigenvalue weighted by Crippen LogP contribution is 2.23. The molecular weight excluding hydrogens is 362 g/mol. The van der Waals surface area contributed by atoms with E-state index in [1.54, 1.807) is 11.8 Å². The van der Waals surface area contributed by atoms with Crippen molar-refractivity contribution in [2.45, 2.75) is 38.6 Å². The maximum absolute atomic E-state index is 11.9. The zero-order valence-corrected chi connectivity index (χ0v) is 15.4. The van der Waals surface area contributed by atoms with Crippen LogP contribution in [-0.4, -0.2) is 30.1 Å². The Kier molecular flexibility index (Phi) is 7.60. The van der Waals surface area contributed by atoms with Crippen LogP contribution in [0.1, 0.15) is 32.6 Å². The molecule has 0 heterocycles. The van der Waals surface area contributed by atoms with Crippen LogP contribution in [0.5, 0.6) is 5.75 Å². The third-order valence-electron chi connectivity index (χ3n) is 4.00. The first-order valence-electron chi connectivity index (χ1n) is 7.90. The van der Waals surface area contributed by atoms with E-state index in [0.717, 1.165) is 22.4 Å². The SMILES string of the molecule is C[C@H]1CCCC[C@H]1NC(=O)CSCCOc1ccc(Br)cc1. The summed E-state index contributed by atoms with van der Waals surface area (Å²) in [5, 5.41) is 3.18. The first-order valence-corrected chi connectivity index (χ1v) is 9.85. The topological polar surface area (TPSA) is 38.3 Å². The second-order valence-corrected chi connectivity index (χ2v) is 7.81. The molecule has 1 N–H and O–H groups in total. The average molecular weight is 386 g/mol. The van der Waals surface area contributed by atoms with Crippen molar-refractivity contribution in [2.75, 3.05) is 18.1 Å². The van der Waals surface area contributed by atoms with E-state index in [2.05, 4.69) is 28.2 Å². The highest BCUT2D eigenvalue weighted by atomic mass is 79.9. The van der Waals surface area contributed by atoms with Crippen molar-refractivity contribution in [3.8, 4) is 5.75 Å². The maximum atomic E-state index is 11.9. The third kappa shape index (κ3) is 6.21. The number of carbonyl (C=O) groups excluding carboxylic acids is 1. The largest absolute Gasteiger partial charge is 0.493 e. The van der Waals surface area contributed by atoms with Gasteiger partial charge in [-0.1, -0.05) is 35.7 Å². The number of rotatable bonds is 7. The van der Waals surface area contributed by atoms with Gasteiger partial charge < -0.3 is 10.1 Å². The molecular formula is C17H24BrNO2S. The van der Waals surface area contributed by atoms with Crippen LogP contribution in [0.25, 0.3) is 0 Å². The third-order valence-corrected chi connectivity index (χ3v) is 5.45. The Balaban J connectivity index is 1.56. The van der Waals surface area contributed by atoms with Crippen molar-refractivity contribution in [3.63, 3.8) is 0 Å². The number of ether oxygens (including phenoxy) is 1. The van der Waals surface area contributed by atoms with Crippen molar-refractivity contribution in [1.82, 2.24) is 5.32 Å². The summed E-state index contributed by atoms with van der Waals surface area (Å²) >= 11 is 5.02. The van der Waals surface area contributed by atoms with Crippen LogP contribution >= 0.6 is 27.7 Å². The van der Waals surface area contributed by atoms with Crippen LogP contribution in [-0.2, 0) is 4.79 Å². The number of amides is 1. The summed E-state index contributed by atoms with van der Waals surface area (Å²) in [6, 6.07) is 8.17. The minimum atomic E-state index is 0.160. The van der Waals surface area contributed by atoms with Gasteiger partial charge in [-0.25, -0.2) is 0 Å². The molecule has 1 aliphatic carbocycles. The predicted octanol–water partition coefficient (Wildman–Crippen LogP) is 4.26. The summed E-state index contributed by atoms with van der Waals surface area (Å²) < 4.78 is 6.68. The molecule has 0 aliphatic heterocycles. The lowest BCUT2D eigenvalue weighted by Crippen LogP contribution is -2.41. The van der Waals surface area contributed by atoms with Crippen molar-refractivity contribution >= 4 is 33.6 Å². The molecule has 1 saturated carbocycles. The zero-order valence-electron chi connectivity index (χ0n) is 13.0. The Labute approximate surface area is 145 Å². The van der Waals surface area contributed by atoms with Gasteiger partial charge in [0.15, 0.2) is 0 Å². The molecule has 1 aromatic carbocycles. The first kappa shape index (κ1) is 17.7. The Hall–Kier alpha value is -0.680. The van der Waals surface area contributed by atoms with Gasteiger partial charge in [-0.15, -0.1) is 11.8 Å². The second-order valence-electron chi connectivity index (χ2n) is 5.79. The highest BCUT2D eigenvalue weighted by molar-refractivity contribution is 9.10. The molecule has 0 aromatic heterocycles. The fourth-order valence-corrected chi connectivity index (χ4v) is 3.57. The number of hydrogen-bond donors (Lipinski definition) is 1. The number of nitrogens with one attached hydrogen (secondary N) is 1. The lowest BCUT2D eigenvalue weighted by Gasteiger charge is -2.29. The van der Waals surface area contributed by atoms with Crippen molar-refractivity contribution in [1.29, 1.82) is 0 Å². The van der Waals surface area contributed by atoms with Gasteiger partial charge in [0.1, 0.15) is 5.75 Å². The molecule has 2 rings (SSSR count). The summed E-state index contributed by atoms with van der Waals surface area (Å²) in [5.41, 5.74) is 0. The van der Waals surface area contributed by atoms with Gasteiger partial charge in [-0.3, -0.25) is 4.79 Å². The molecule has 0 unspecified atom stereocenters. The smallest absolute Gasteiger partial charge is 0.230 e. The molecule has 0 saturated heterocycles. The molecule has 2 atom stereocenters. The Morgan fingerprint density at radius 1 is 1.32 bits per heavy atom. The lowest BCUT2D eigenvalue weighted by molar-refractivity contribution is -0.119. The maximum Gasteiger partial charge on any atom is 0.230 e. The van der Waals surface area contributed by atoms with Crippen LogP contribution in [0.15, 0.2) is 28.7 Å². The van der Waals surface area contributed by atoms with E-state index in [1.807, 2.05) is 24.3 Å². The van der Waals surface area contributed by atoms with E-state index in [4.69, 9.17) is 4.74 Å². The second kappa shape index (κ2) is 9.46. The summed E-state index contributed by atoms with van der Waals surface area (Å²) in [6.45, 7) is 2.86. The molecule has 122 valence electrons. The van der Waals surface area contributed by atoms with Gasteiger partial charge in [0, 0.05) is 16.3 Å². The monoisotopic (exact) mass is 385 g/mol. The highest BCUT2D eigenvalue weighted by Gasteiger charge is 2.22. The Bertz CT molecular complexity index is 466. The van der Waals surface area contributed by atoms with Crippen molar-refractivity contribution in [2.24, 2.45) is 5.92 Å². The van der Waals surface area contributed by atoms with Gasteiger partial charge in [-0.05, 0) is 43.0 Å². The summed E-state index contributed by atoms with van der Waals surface area (Å²) in [7, 11) is 0. The van der Waals surface area contributed by atoms with E-state index >= 15 is 0 Å². The van der Waals surface area contributed by atoms with Crippen LogP contribution in [0, 0.1) is 5.92 Å². The Morgan fingerprint density at radius 2 is 2.05 bits per heavy atom. The molecule has 1 aromatic rings. The van der Waals surface area contributed by atoms with Gasteiger partial charge in [-0.2, -0.15) is 0 Å².